The van der Waals surface area contributed by atoms with Crippen molar-refractivity contribution in [1.82, 2.24) is 10.2 Å². The van der Waals surface area contributed by atoms with Crippen molar-refractivity contribution in [3.05, 3.63) is 48.1 Å². The third-order valence-electron chi connectivity index (χ3n) is 3.57. The van der Waals surface area contributed by atoms with Crippen LogP contribution < -0.4 is 5.32 Å². The lowest BCUT2D eigenvalue weighted by molar-refractivity contribution is 0.159. The van der Waals surface area contributed by atoms with Crippen molar-refractivity contribution in [2.24, 2.45) is 0 Å². The topological polar surface area (TPSA) is 15.3 Å². The maximum absolute atomic E-state index is 14.0. The Labute approximate surface area is 137 Å². The van der Waals surface area contributed by atoms with Gasteiger partial charge in [-0.15, -0.1) is 31.4 Å². The first-order valence-electron chi connectivity index (χ1n) is 6.73. The van der Waals surface area contributed by atoms with Crippen molar-refractivity contribution in [3.8, 4) is 0 Å². The van der Waals surface area contributed by atoms with E-state index in [0.717, 1.165) is 32.6 Å². The van der Waals surface area contributed by atoms with E-state index in [-0.39, 0.29) is 36.4 Å². The molecule has 1 heterocycles. The van der Waals surface area contributed by atoms with E-state index >= 15 is 0 Å². The molecular weight excluding hydrogens is 317 g/mol. The quantitative estimate of drug-likeness (QED) is 0.823. The molecule has 1 N–H and O–H groups in total. The maximum Gasteiger partial charge on any atom is 0.130 e. The van der Waals surface area contributed by atoms with Crippen LogP contribution >= 0.6 is 24.8 Å². The van der Waals surface area contributed by atoms with E-state index in [1.54, 1.807) is 6.08 Å². The third kappa shape index (κ3) is 5.22. The fourth-order valence-corrected chi connectivity index (χ4v) is 2.61. The fourth-order valence-electron chi connectivity index (χ4n) is 2.61. The molecule has 1 aliphatic heterocycles. The van der Waals surface area contributed by atoms with Gasteiger partial charge < -0.3 is 5.32 Å². The van der Waals surface area contributed by atoms with E-state index in [1.807, 2.05) is 0 Å². The molecule has 1 aromatic carbocycles. The van der Waals surface area contributed by atoms with Gasteiger partial charge >= 0.3 is 0 Å². The van der Waals surface area contributed by atoms with Gasteiger partial charge in [-0.1, -0.05) is 12.1 Å². The summed E-state index contributed by atoms with van der Waals surface area (Å²) in [7, 11) is 0. The molecule has 0 saturated carbocycles. The molecule has 0 spiro atoms. The van der Waals surface area contributed by atoms with Gasteiger partial charge in [0.1, 0.15) is 11.6 Å². The summed E-state index contributed by atoms with van der Waals surface area (Å²) in [5, 5.41) is 3.26. The van der Waals surface area contributed by atoms with Crippen LogP contribution in [-0.4, -0.2) is 31.1 Å². The Morgan fingerprint density at radius 3 is 2.29 bits per heavy atom. The van der Waals surface area contributed by atoms with E-state index in [1.165, 1.54) is 18.2 Å². The van der Waals surface area contributed by atoms with E-state index in [0.29, 0.717) is 6.42 Å². The molecule has 1 saturated heterocycles. The van der Waals surface area contributed by atoms with Crippen molar-refractivity contribution in [2.75, 3.05) is 26.2 Å². The summed E-state index contributed by atoms with van der Waals surface area (Å²) >= 11 is 0. The van der Waals surface area contributed by atoms with Gasteiger partial charge in [0, 0.05) is 37.8 Å². The molecule has 2 nitrogen and oxygen atoms in total. The second kappa shape index (κ2) is 10.1. The van der Waals surface area contributed by atoms with Crippen molar-refractivity contribution in [1.29, 1.82) is 0 Å². The first kappa shape index (κ1) is 20.3. The largest absolute Gasteiger partial charge is 0.314 e. The lowest BCUT2D eigenvalue weighted by Crippen LogP contribution is -2.45. The lowest BCUT2D eigenvalue weighted by atomic mass is 9.98. The van der Waals surface area contributed by atoms with Crippen LogP contribution in [0.3, 0.4) is 0 Å². The van der Waals surface area contributed by atoms with Gasteiger partial charge in [0.2, 0.25) is 0 Å². The Morgan fingerprint density at radius 1 is 1.19 bits per heavy atom. The minimum absolute atomic E-state index is 0. The number of nitrogens with zero attached hydrogens (tertiary/aromatic N) is 1. The smallest absolute Gasteiger partial charge is 0.130 e. The number of rotatable bonds is 5. The molecule has 0 bridgehead atoms. The van der Waals surface area contributed by atoms with E-state index in [9.17, 15) is 8.78 Å². The van der Waals surface area contributed by atoms with Gasteiger partial charge in [-0.25, -0.2) is 8.78 Å². The molecule has 2 rings (SSSR count). The SMILES string of the molecule is C=CCC[C@H](c1c(F)cccc1F)N1CCNCC1.Cl.Cl. The van der Waals surface area contributed by atoms with Crippen LogP contribution in [0.4, 0.5) is 8.78 Å². The van der Waals surface area contributed by atoms with Crippen molar-refractivity contribution in [3.63, 3.8) is 0 Å². The molecule has 21 heavy (non-hydrogen) atoms. The minimum Gasteiger partial charge on any atom is -0.314 e. The number of hydrogen-bond acceptors (Lipinski definition) is 2. The number of allylic oxidation sites excluding steroid dienone is 1. The monoisotopic (exact) mass is 338 g/mol. The Balaban J connectivity index is 0.00000200. The van der Waals surface area contributed by atoms with Crippen LogP contribution in [0.1, 0.15) is 24.4 Å². The molecule has 120 valence electrons. The zero-order valence-corrected chi connectivity index (χ0v) is 13.5. The minimum atomic E-state index is -0.451. The van der Waals surface area contributed by atoms with E-state index < -0.39 is 11.6 Å². The van der Waals surface area contributed by atoms with E-state index in [4.69, 9.17) is 0 Å². The van der Waals surface area contributed by atoms with Crippen LogP contribution in [0.15, 0.2) is 30.9 Å². The summed E-state index contributed by atoms with van der Waals surface area (Å²) < 4.78 is 27.9. The summed E-state index contributed by atoms with van der Waals surface area (Å²) in [4.78, 5) is 2.15. The standard InChI is InChI=1S/C15H20F2N2.2ClH/c1-2-3-7-14(19-10-8-18-9-11-19)15-12(16)5-4-6-13(15)17;;/h2,4-6,14,18H,1,3,7-11H2;2*1H/t14-;;/m1../s1. The average Bonchev–Trinajstić information content (AvgIpc) is 2.43. The molecule has 0 amide bonds. The second-order valence-electron chi connectivity index (χ2n) is 4.80. The number of nitrogens with one attached hydrogen (secondary N) is 1. The lowest BCUT2D eigenvalue weighted by Gasteiger charge is -2.35. The van der Waals surface area contributed by atoms with Gasteiger partial charge in [-0.2, -0.15) is 0 Å². The number of benzene rings is 1. The Morgan fingerprint density at radius 2 is 1.76 bits per heavy atom. The Kier molecular flexibility index (Phi) is 9.79. The van der Waals surface area contributed by atoms with Crippen LogP contribution in [0.2, 0.25) is 0 Å². The van der Waals surface area contributed by atoms with Gasteiger partial charge in [0.15, 0.2) is 0 Å². The first-order chi connectivity index (χ1) is 9.24. The zero-order valence-electron chi connectivity index (χ0n) is 11.9. The molecule has 1 aliphatic rings. The summed E-state index contributed by atoms with van der Waals surface area (Å²) in [6.07, 6.45) is 3.25. The molecular formula is C15H22Cl2F2N2. The van der Waals surface area contributed by atoms with E-state index in [2.05, 4.69) is 16.8 Å². The van der Waals surface area contributed by atoms with Crippen molar-refractivity contribution >= 4 is 24.8 Å². The fraction of sp³-hybridized carbons (Fsp3) is 0.467. The van der Waals surface area contributed by atoms with Crippen molar-refractivity contribution < 1.29 is 8.78 Å². The molecule has 1 aromatic rings. The highest BCUT2D eigenvalue weighted by molar-refractivity contribution is 5.85. The highest BCUT2D eigenvalue weighted by Crippen LogP contribution is 2.30. The number of halogens is 4. The molecule has 1 atom stereocenters. The average molecular weight is 339 g/mol. The van der Waals surface area contributed by atoms with Crippen LogP contribution in [0.5, 0.6) is 0 Å². The highest BCUT2D eigenvalue weighted by atomic mass is 35.5. The summed E-state index contributed by atoms with van der Waals surface area (Å²) in [6.45, 7) is 7.05. The molecule has 0 unspecified atom stereocenters. The van der Waals surface area contributed by atoms with Crippen LogP contribution in [0, 0.1) is 11.6 Å². The molecule has 0 aromatic heterocycles. The Bertz CT molecular complexity index is 417. The van der Waals surface area contributed by atoms with Crippen LogP contribution in [0.25, 0.3) is 0 Å². The predicted molar refractivity (Wildman–Crippen MR) is 87.5 cm³/mol. The van der Waals surface area contributed by atoms with Gasteiger partial charge in [0.25, 0.3) is 0 Å². The Hall–Kier alpha value is -0.680. The summed E-state index contributed by atoms with van der Waals surface area (Å²) in [5.74, 6) is -0.903. The van der Waals surface area contributed by atoms with Crippen molar-refractivity contribution in [2.45, 2.75) is 18.9 Å². The van der Waals surface area contributed by atoms with Gasteiger partial charge in [-0.3, -0.25) is 4.90 Å². The molecule has 0 aliphatic carbocycles. The molecule has 1 fully saturated rings. The number of hydrogen-bond donors (Lipinski definition) is 1. The maximum atomic E-state index is 14.0. The third-order valence-corrected chi connectivity index (χ3v) is 3.57. The number of piperazine rings is 1. The highest BCUT2D eigenvalue weighted by Gasteiger charge is 2.26. The summed E-state index contributed by atoms with van der Waals surface area (Å²) in [6, 6.07) is 3.88. The molecule has 6 heteroatoms. The predicted octanol–water partition coefficient (Wildman–Crippen LogP) is 3.72. The first-order valence-corrected chi connectivity index (χ1v) is 6.73. The second-order valence-corrected chi connectivity index (χ2v) is 4.80. The summed E-state index contributed by atoms with van der Waals surface area (Å²) in [5.41, 5.74) is 0.200. The molecule has 0 radical (unpaired) electrons. The normalized spacial score (nSPS) is 16.5. The zero-order chi connectivity index (χ0) is 13.7. The van der Waals surface area contributed by atoms with Crippen LogP contribution in [-0.2, 0) is 0 Å². The van der Waals surface area contributed by atoms with Gasteiger partial charge in [0.05, 0.1) is 0 Å². The van der Waals surface area contributed by atoms with Gasteiger partial charge in [-0.05, 0) is 25.0 Å².